The van der Waals surface area contributed by atoms with Crippen LogP contribution in [0.4, 0.5) is 8.78 Å². The first-order valence-electron chi connectivity index (χ1n) is 5.00. The SMILES string of the molecule is COC(=O)C[C@H](N)c1cc(Cl)cc(OC(F)F)c1. The van der Waals surface area contributed by atoms with Gasteiger partial charge in [0.05, 0.1) is 13.5 Å². The molecule has 0 aliphatic heterocycles. The van der Waals surface area contributed by atoms with E-state index in [1.165, 1.54) is 25.3 Å². The quantitative estimate of drug-likeness (QED) is 0.841. The van der Waals surface area contributed by atoms with Gasteiger partial charge in [-0.15, -0.1) is 0 Å². The lowest BCUT2D eigenvalue weighted by atomic mass is 10.0. The highest BCUT2D eigenvalue weighted by Crippen LogP contribution is 2.26. The van der Waals surface area contributed by atoms with Crippen LogP contribution in [0.1, 0.15) is 18.0 Å². The Morgan fingerprint density at radius 2 is 2.11 bits per heavy atom. The lowest BCUT2D eigenvalue weighted by molar-refractivity contribution is -0.141. The zero-order chi connectivity index (χ0) is 13.7. The van der Waals surface area contributed by atoms with E-state index >= 15 is 0 Å². The first kappa shape index (κ1) is 14.7. The lowest BCUT2D eigenvalue weighted by Crippen LogP contribution is -2.16. The van der Waals surface area contributed by atoms with Crippen molar-refractivity contribution in [1.82, 2.24) is 0 Å². The van der Waals surface area contributed by atoms with Crippen LogP contribution in [0, 0.1) is 0 Å². The van der Waals surface area contributed by atoms with Crippen molar-refractivity contribution in [1.29, 1.82) is 0 Å². The van der Waals surface area contributed by atoms with Gasteiger partial charge in [0.15, 0.2) is 0 Å². The second kappa shape index (κ2) is 6.51. The van der Waals surface area contributed by atoms with Gasteiger partial charge in [0, 0.05) is 11.1 Å². The summed E-state index contributed by atoms with van der Waals surface area (Å²) >= 11 is 5.75. The normalized spacial score (nSPS) is 12.3. The lowest BCUT2D eigenvalue weighted by Gasteiger charge is -2.13. The minimum Gasteiger partial charge on any atom is -0.469 e. The molecule has 0 bridgehead atoms. The van der Waals surface area contributed by atoms with Crippen LogP contribution in [-0.2, 0) is 9.53 Å². The molecule has 0 aliphatic rings. The van der Waals surface area contributed by atoms with Gasteiger partial charge in [-0.25, -0.2) is 0 Å². The summed E-state index contributed by atoms with van der Waals surface area (Å²) in [4.78, 5) is 11.1. The molecule has 4 nitrogen and oxygen atoms in total. The van der Waals surface area contributed by atoms with Crippen LogP contribution in [0.3, 0.4) is 0 Å². The molecule has 0 heterocycles. The van der Waals surface area contributed by atoms with Crippen molar-refractivity contribution < 1.29 is 23.0 Å². The fourth-order valence-electron chi connectivity index (χ4n) is 1.35. The highest BCUT2D eigenvalue weighted by atomic mass is 35.5. The Morgan fingerprint density at radius 1 is 1.44 bits per heavy atom. The van der Waals surface area contributed by atoms with Crippen molar-refractivity contribution in [3.8, 4) is 5.75 Å². The number of halogens is 3. The smallest absolute Gasteiger partial charge is 0.387 e. The zero-order valence-electron chi connectivity index (χ0n) is 9.53. The number of esters is 1. The van der Waals surface area contributed by atoms with E-state index in [4.69, 9.17) is 17.3 Å². The molecule has 1 aromatic rings. The topological polar surface area (TPSA) is 61.5 Å². The van der Waals surface area contributed by atoms with E-state index in [-0.39, 0.29) is 17.2 Å². The van der Waals surface area contributed by atoms with Crippen molar-refractivity contribution in [2.24, 2.45) is 5.73 Å². The zero-order valence-corrected chi connectivity index (χ0v) is 10.3. The number of methoxy groups -OCH3 is 1. The molecular formula is C11H12ClF2NO3. The number of hydrogen-bond donors (Lipinski definition) is 1. The summed E-state index contributed by atoms with van der Waals surface area (Å²) in [5, 5.41) is 0.198. The Labute approximate surface area is 108 Å². The van der Waals surface area contributed by atoms with Crippen LogP contribution in [0.5, 0.6) is 5.75 Å². The number of carbonyl (C=O) groups excluding carboxylic acids is 1. The number of nitrogens with two attached hydrogens (primary N) is 1. The fraction of sp³-hybridized carbons (Fsp3) is 0.364. The molecule has 0 saturated heterocycles. The minimum atomic E-state index is -2.95. The van der Waals surface area contributed by atoms with Crippen LogP contribution < -0.4 is 10.5 Å². The predicted molar refractivity (Wildman–Crippen MR) is 61.6 cm³/mol. The standard InChI is InChI=1S/C11H12ClF2NO3/c1-17-10(16)5-9(15)6-2-7(12)4-8(3-6)18-11(13)14/h2-4,9,11H,5,15H2,1H3/t9-/m0/s1. The summed E-state index contributed by atoms with van der Waals surface area (Å²) in [5.74, 6) is -0.605. The summed E-state index contributed by atoms with van der Waals surface area (Å²) in [5.41, 5.74) is 6.16. The number of ether oxygens (including phenoxy) is 2. The molecule has 1 rings (SSSR count). The van der Waals surface area contributed by atoms with Crippen LogP contribution in [-0.4, -0.2) is 19.7 Å². The largest absolute Gasteiger partial charge is 0.469 e. The van der Waals surface area contributed by atoms with E-state index in [1.807, 2.05) is 0 Å². The van der Waals surface area contributed by atoms with Gasteiger partial charge < -0.3 is 15.2 Å². The summed E-state index contributed by atoms with van der Waals surface area (Å²) < 4.78 is 32.8. The van der Waals surface area contributed by atoms with E-state index in [1.54, 1.807) is 0 Å². The van der Waals surface area contributed by atoms with Crippen molar-refractivity contribution in [3.05, 3.63) is 28.8 Å². The van der Waals surface area contributed by atoms with Gasteiger partial charge in [-0.3, -0.25) is 4.79 Å². The van der Waals surface area contributed by atoms with E-state index in [2.05, 4.69) is 9.47 Å². The van der Waals surface area contributed by atoms with Crippen LogP contribution in [0.25, 0.3) is 0 Å². The molecule has 0 radical (unpaired) electrons. The molecule has 0 spiro atoms. The maximum Gasteiger partial charge on any atom is 0.387 e. The van der Waals surface area contributed by atoms with Gasteiger partial charge in [-0.1, -0.05) is 11.6 Å². The van der Waals surface area contributed by atoms with Crippen LogP contribution in [0.2, 0.25) is 5.02 Å². The Bertz CT molecular complexity index is 429. The van der Waals surface area contributed by atoms with Crippen LogP contribution >= 0.6 is 11.6 Å². The van der Waals surface area contributed by atoms with Crippen molar-refractivity contribution in [2.75, 3.05) is 7.11 Å². The Balaban J connectivity index is 2.87. The van der Waals surface area contributed by atoms with E-state index < -0.39 is 18.6 Å². The van der Waals surface area contributed by atoms with Crippen LogP contribution in [0.15, 0.2) is 18.2 Å². The molecule has 0 amide bonds. The first-order chi connectivity index (χ1) is 8.42. The molecule has 100 valence electrons. The fourth-order valence-corrected chi connectivity index (χ4v) is 1.58. The number of rotatable bonds is 5. The summed E-state index contributed by atoms with van der Waals surface area (Å²) in [6.45, 7) is -2.95. The van der Waals surface area contributed by atoms with Gasteiger partial charge in [0.2, 0.25) is 0 Å². The Morgan fingerprint density at radius 3 is 2.67 bits per heavy atom. The number of hydrogen-bond acceptors (Lipinski definition) is 4. The first-order valence-corrected chi connectivity index (χ1v) is 5.38. The van der Waals surface area contributed by atoms with Gasteiger partial charge in [-0.2, -0.15) is 8.78 Å². The van der Waals surface area contributed by atoms with E-state index in [0.29, 0.717) is 5.56 Å². The van der Waals surface area contributed by atoms with Crippen molar-refractivity contribution in [3.63, 3.8) is 0 Å². The molecule has 0 unspecified atom stereocenters. The molecule has 2 N–H and O–H groups in total. The average Bonchev–Trinajstić information content (AvgIpc) is 2.26. The molecule has 0 aromatic heterocycles. The minimum absolute atomic E-state index is 0.0784. The number of benzene rings is 1. The van der Waals surface area contributed by atoms with Crippen molar-refractivity contribution >= 4 is 17.6 Å². The molecule has 1 aromatic carbocycles. The Kier molecular flexibility index (Phi) is 5.30. The third-order valence-electron chi connectivity index (χ3n) is 2.16. The molecule has 18 heavy (non-hydrogen) atoms. The van der Waals surface area contributed by atoms with E-state index in [9.17, 15) is 13.6 Å². The van der Waals surface area contributed by atoms with Gasteiger partial charge in [0.1, 0.15) is 5.75 Å². The molecule has 0 aliphatic carbocycles. The third-order valence-corrected chi connectivity index (χ3v) is 2.38. The molecule has 1 atom stereocenters. The molecule has 0 fully saturated rings. The average molecular weight is 280 g/mol. The molecular weight excluding hydrogens is 268 g/mol. The van der Waals surface area contributed by atoms with E-state index in [0.717, 1.165) is 0 Å². The monoisotopic (exact) mass is 279 g/mol. The molecule has 0 saturated carbocycles. The maximum absolute atomic E-state index is 12.1. The number of alkyl halides is 2. The second-order valence-electron chi connectivity index (χ2n) is 3.49. The second-order valence-corrected chi connectivity index (χ2v) is 3.92. The van der Waals surface area contributed by atoms with Gasteiger partial charge in [-0.05, 0) is 23.8 Å². The maximum atomic E-state index is 12.1. The van der Waals surface area contributed by atoms with Crippen molar-refractivity contribution in [2.45, 2.75) is 19.1 Å². The highest BCUT2D eigenvalue weighted by molar-refractivity contribution is 6.30. The third kappa shape index (κ3) is 4.46. The van der Waals surface area contributed by atoms with Gasteiger partial charge in [0.25, 0.3) is 0 Å². The summed E-state index contributed by atoms with van der Waals surface area (Å²) in [7, 11) is 1.23. The highest BCUT2D eigenvalue weighted by Gasteiger charge is 2.15. The summed E-state index contributed by atoms with van der Waals surface area (Å²) in [6, 6.07) is 3.33. The predicted octanol–water partition coefficient (Wildman–Crippen LogP) is 2.50. The van der Waals surface area contributed by atoms with Gasteiger partial charge >= 0.3 is 12.6 Å². The Hall–Kier alpha value is -1.40. The molecule has 7 heteroatoms. The number of carbonyl (C=O) groups is 1. The summed E-state index contributed by atoms with van der Waals surface area (Å²) in [6.07, 6.45) is -0.0784.